The minimum absolute atomic E-state index is 0.00301. The molecule has 0 saturated heterocycles. The Kier molecular flexibility index (Phi) is 5.89. The maximum Gasteiger partial charge on any atom is 0.263 e. The van der Waals surface area contributed by atoms with E-state index >= 15 is 0 Å². The molecule has 0 spiro atoms. The second-order valence-corrected chi connectivity index (χ2v) is 9.24. The van der Waals surface area contributed by atoms with E-state index in [4.69, 9.17) is 9.72 Å². The van der Waals surface area contributed by atoms with Crippen LogP contribution in [0.25, 0.3) is 10.2 Å². The van der Waals surface area contributed by atoms with E-state index in [2.05, 4.69) is 6.08 Å². The number of allylic oxidation sites excluding steroid dienone is 2. The van der Waals surface area contributed by atoms with Crippen LogP contribution < -0.4 is 5.56 Å². The molecule has 0 aliphatic heterocycles. The smallest absolute Gasteiger partial charge is 0.263 e. The zero-order valence-electron chi connectivity index (χ0n) is 16.3. The minimum Gasteiger partial charge on any atom is -0.383 e. The quantitative estimate of drug-likeness (QED) is 0.509. The first-order chi connectivity index (χ1) is 13.6. The van der Waals surface area contributed by atoms with E-state index in [0.717, 1.165) is 54.4 Å². The number of hydrogen-bond acceptors (Lipinski definition) is 6. The van der Waals surface area contributed by atoms with Gasteiger partial charge in [0.1, 0.15) is 4.83 Å². The lowest BCUT2D eigenvalue weighted by molar-refractivity contribution is -0.125. The molecule has 0 fully saturated rings. The van der Waals surface area contributed by atoms with Gasteiger partial charge in [0.25, 0.3) is 5.56 Å². The Bertz CT molecular complexity index is 993. The molecule has 4 rings (SSSR count). The minimum atomic E-state index is 0.00301. The number of thioether (sulfide) groups is 1. The second-order valence-electron chi connectivity index (χ2n) is 7.21. The summed E-state index contributed by atoms with van der Waals surface area (Å²) < 4.78 is 6.88. The van der Waals surface area contributed by atoms with Crippen LogP contribution in [0.1, 0.15) is 36.1 Å². The topological polar surface area (TPSA) is 64.4 Å². The molecule has 2 aromatic rings. The molecule has 0 unspecified atom stereocenters. The zero-order valence-corrected chi connectivity index (χ0v) is 18.0. The lowest BCUT2D eigenvalue weighted by atomic mass is 10.2. The number of fused-ring (bicyclic) bond motifs is 3. The molecule has 0 aromatic carbocycles. The molecule has 0 saturated carbocycles. The molecule has 0 radical (unpaired) electrons. The van der Waals surface area contributed by atoms with Crippen LogP contribution in [0.4, 0.5) is 0 Å². The molecule has 0 bridgehead atoms. The molecule has 2 aliphatic rings. The van der Waals surface area contributed by atoms with Gasteiger partial charge in [0.15, 0.2) is 5.16 Å². The summed E-state index contributed by atoms with van der Waals surface area (Å²) in [6.45, 7) is 0.883. The Hall–Kier alpha value is -1.64. The number of aryl methyl sites for hydroxylation is 2. The van der Waals surface area contributed by atoms with Crippen LogP contribution in [0.15, 0.2) is 21.7 Å². The average molecular weight is 420 g/mol. The number of carbonyl (C=O) groups excluding carboxylic acids is 1. The molecule has 28 heavy (non-hydrogen) atoms. The Morgan fingerprint density at radius 2 is 2.21 bits per heavy atom. The number of carbonyl (C=O) groups is 1. The van der Waals surface area contributed by atoms with E-state index in [1.165, 1.54) is 22.2 Å². The Balaban J connectivity index is 1.61. The summed E-state index contributed by atoms with van der Waals surface area (Å²) >= 11 is 2.98. The third-order valence-electron chi connectivity index (χ3n) is 5.46. The number of amides is 1. The third-order valence-corrected chi connectivity index (χ3v) is 7.60. The molecule has 0 N–H and O–H groups in total. The maximum absolute atomic E-state index is 13.2. The standard InChI is InChI=1S/C20H25N3O3S2/c1-22(13-6-3-4-7-13)16(24)12-27-20-21-18-17(14-8-5-9-15(14)28-18)19(25)23(20)10-11-26-2/h6H,3-5,7-12H2,1-2H3. The summed E-state index contributed by atoms with van der Waals surface area (Å²) in [5, 5.41) is 1.38. The lowest BCUT2D eigenvalue weighted by Gasteiger charge is -2.18. The van der Waals surface area contributed by atoms with Gasteiger partial charge in [-0.05, 0) is 44.1 Å². The van der Waals surface area contributed by atoms with Gasteiger partial charge < -0.3 is 9.64 Å². The van der Waals surface area contributed by atoms with Gasteiger partial charge >= 0.3 is 0 Å². The Morgan fingerprint density at radius 1 is 1.36 bits per heavy atom. The fourth-order valence-electron chi connectivity index (χ4n) is 3.89. The monoisotopic (exact) mass is 419 g/mol. The highest BCUT2D eigenvalue weighted by molar-refractivity contribution is 7.99. The van der Waals surface area contributed by atoms with Crippen molar-refractivity contribution in [2.45, 2.75) is 50.2 Å². The summed E-state index contributed by atoms with van der Waals surface area (Å²) in [6.07, 6.45) is 8.35. The van der Waals surface area contributed by atoms with Gasteiger partial charge in [-0.3, -0.25) is 14.2 Å². The van der Waals surface area contributed by atoms with Crippen molar-refractivity contribution in [2.24, 2.45) is 0 Å². The molecule has 6 nitrogen and oxygen atoms in total. The number of thiophene rings is 1. The molecular formula is C20H25N3O3S2. The van der Waals surface area contributed by atoms with Gasteiger partial charge in [0, 0.05) is 24.7 Å². The van der Waals surface area contributed by atoms with Crippen LogP contribution in [0.5, 0.6) is 0 Å². The number of ether oxygens (including phenoxy) is 1. The lowest BCUT2D eigenvalue weighted by Crippen LogP contribution is -2.28. The fraction of sp³-hybridized carbons (Fsp3) is 0.550. The van der Waals surface area contributed by atoms with Crippen molar-refractivity contribution in [3.8, 4) is 0 Å². The number of methoxy groups -OCH3 is 1. The van der Waals surface area contributed by atoms with Crippen LogP contribution in [-0.2, 0) is 28.9 Å². The van der Waals surface area contributed by atoms with Crippen molar-refractivity contribution in [3.05, 3.63) is 32.6 Å². The normalized spacial score (nSPS) is 15.9. The zero-order chi connectivity index (χ0) is 19.7. The highest BCUT2D eigenvalue weighted by Crippen LogP contribution is 2.35. The van der Waals surface area contributed by atoms with E-state index in [0.29, 0.717) is 18.3 Å². The summed E-state index contributed by atoms with van der Waals surface area (Å²) in [7, 11) is 3.46. The van der Waals surface area contributed by atoms with Crippen molar-refractivity contribution >= 4 is 39.2 Å². The first kappa shape index (κ1) is 19.7. The Morgan fingerprint density at radius 3 is 2.96 bits per heavy atom. The van der Waals surface area contributed by atoms with Crippen molar-refractivity contribution < 1.29 is 9.53 Å². The molecule has 2 aromatic heterocycles. The van der Waals surface area contributed by atoms with E-state index in [-0.39, 0.29) is 17.2 Å². The van der Waals surface area contributed by atoms with Crippen molar-refractivity contribution in [3.63, 3.8) is 0 Å². The number of nitrogens with zero attached hydrogens (tertiary/aromatic N) is 3. The predicted octanol–water partition coefficient (Wildman–Crippen LogP) is 3.21. The van der Waals surface area contributed by atoms with Gasteiger partial charge in [0.05, 0.1) is 24.3 Å². The van der Waals surface area contributed by atoms with Gasteiger partial charge in [-0.1, -0.05) is 17.8 Å². The highest BCUT2D eigenvalue weighted by atomic mass is 32.2. The van der Waals surface area contributed by atoms with Gasteiger partial charge in [-0.15, -0.1) is 11.3 Å². The fourth-order valence-corrected chi connectivity index (χ4v) is 6.13. The summed E-state index contributed by atoms with van der Waals surface area (Å²) in [5.41, 5.74) is 2.29. The summed E-state index contributed by atoms with van der Waals surface area (Å²) in [4.78, 5) is 34.5. The molecular weight excluding hydrogens is 394 g/mol. The van der Waals surface area contributed by atoms with E-state index in [1.54, 1.807) is 27.9 Å². The van der Waals surface area contributed by atoms with Crippen LogP contribution in [0.2, 0.25) is 0 Å². The SMILES string of the molecule is COCCn1c(SCC(=O)N(C)C2=CCCC2)nc2sc3c(c2c1=O)CCC3. The van der Waals surface area contributed by atoms with E-state index < -0.39 is 0 Å². The van der Waals surface area contributed by atoms with Gasteiger partial charge in [-0.2, -0.15) is 0 Å². The van der Waals surface area contributed by atoms with Crippen LogP contribution >= 0.6 is 23.1 Å². The van der Waals surface area contributed by atoms with Crippen LogP contribution in [0, 0.1) is 0 Å². The highest BCUT2D eigenvalue weighted by Gasteiger charge is 2.24. The van der Waals surface area contributed by atoms with Crippen molar-refractivity contribution in [1.29, 1.82) is 0 Å². The van der Waals surface area contributed by atoms with Crippen molar-refractivity contribution in [1.82, 2.24) is 14.5 Å². The van der Waals surface area contributed by atoms with Crippen LogP contribution in [-0.4, -0.2) is 46.9 Å². The van der Waals surface area contributed by atoms with E-state index in [1.807, 2.05) is 7.05 Å². The Labute approximate surface area is 172 Å². The molecule has 150 valence electrons. The molecule has 2 aliphatic carbocycles. The second kappa shape index (κ2) is 8.39. The summed E-state index contributed by atoms with van der Waals surface area (Å²) in [6, 6.07) is 0. The molecule has 0 atom stereocenters. The van der Waals surface area contributed by atoms with Crippen LogP contribution in [0.3, 0.4) is 0 Å². The summed E-state index contributed by atoms with van der Waals surface area (Å²) in [5.74, 6) is 0.309. The number of hydrogen-bond donors (Lipinski definition) is 0. The number of aromatic nitrogens is 2. The predicted molar refractivity (Wildman–Crippen MR) is 113 cm³/mol. The number of rotatable bonds is 7. The molecule has 2 heterocycles. The van der Waals surface area contributed by atoms with E-state index in [9.17, 15) is 9.59 Å². The van der Waals surface area contributed by atoms with Crippen molar-refractivity contribution in [2.75, 3.05) is 26.5 Å². The first-order valence-corrected chi connectivity index (χ1v) is 11.5. The van der Waals surface area contributed by atoms with Gasteiger partial charge in [-0.25, -0.2) is 4.98 Å². The third kappa shape index (κ3) is 3.65. The maximum atomic E-state index is 13.2. The molecule has 8 heteroatoms. The van der Waals surface area contributed by atoms with Gasteiger partial charge in [0.2, 0.25) is 5.91 Å². The first-order valence-electron chi connectivity index (χ1n) is 9.72. The molecule has 1 amide bonds. The average Bonchev–Trinajstić information content (AvgIpc) is 3.41. The largest absolute Gasteiger partial charge is 0.383 e.